The number of rotatable bonds is 2. The molecule has 0 bridgehead atoms. The van der Waals surface area contributed by atoms with Crippen molar-refractivity contribution in [2.75, 3.05) is 0 Å². The summed E-state index contributed by atoms with van der Waals surface area (Å²) in [5.74, 6) is -0.314. The van der Waals surface area contributed by atoms with E-state index in [1.807, 2.05) is 0 Å². The normalized spacial score (nSPS) is 12.4. The molecule has 4 nitrogen and oxygen atoms in total. The summed E-state index contributed by atoms with van der Waals surface area (Å²) >= 11 is 0. The van der Waals surface area contributed by atoms with Crippen LogP contribution < -0.4 is 0 Å². The van der Waals surface area contributed by atoms with Crippen LogP contribution in [-0.4, -0.2) is 9.38 Å². The quantitative estimate of drug-likeness (QED) is 0.471. The number of alkyl halides is 3. The highest BCUT2D eigenvalue weighted by Crippen LogP contribution is 2.31. The predicted octanol–water partition coefficient (Wildman–Crippen LogP) is 5.22. The largest absolute Gasteiger partial charge is 0.417 e. The molecule has 3 aromatic rings. The first-order valence-corrected chi connectivity index (χ1v) is 6.58. The zero-order valence-electron chi connectivity index (χ0n) is 11.8. The summed E-state index contributed by atoms with van der Waals surface area (Å²) in [6.07, 6.45) is -3.56. The Hall–Kier alpha value is -2.77. The van der Waals surface area contributed by atoms with Gasteiger partial charge in [-0.2, -0.15) is 13.2 Å². The summed E-state index contributed by atoms with van der Waals surface area (Å²) in [7, 11) is 0. The minimum Gasteiger partial charge on any atom is -0.282 e. The highest BCUT2D eigenvalue weighted by molar-refractivity contribution is 5.53. The fraction of sp³-hybridized carbons (Fsp3) is 0.133. The molecule has 1 aromatic carbocycles. The van der Waals surface area contributed by atoms with Gasteiger partial charge in [0.05, 0.1) is 16.9 Å². The van der Waals surface area contributed by atoms with E-state index in [1.165, 1.54) is 34.7 Å². The summed E-state index contributed by atoms with van der Waals surface area (Å²) in [6, 6.07) is 7.64. The van der Waals surface area contributed by atoms with Crippen molar-refractivity contribution >= 4 is 17.2 Å². The number of imidazole rings is 1. The second-order valence-electron chi connectivity index (χ2n) is 4.84. The highest BCUT2D eigenvalue weighted by atomic mass is 19.4. The van der Waals surface area contributed by atoms with Gasteiger partial charge >= 0.3 is 6.18 Å². The van der Waals surface area contributed by atoms with Gasteiger partial charge in [0.15, 0.2) is 5.82 Å². The summed E-state index contributed by atoms with van der Waals surface area (Å²) < 4.78 is 52.8. The maximum absolute atomic E-state index is 13.1. The molecular formula is C15H10F4N4. The lowest BCUT2D eigenvalue weighted by atomic mass is 10.3. The molecule has 0 aliphatic rings. The van der Waals surface area contributed by atoms with Crippen LogP contribution in [0.25, 0.3) is 5.65 Å². The Labute approximate surface area is 128 Å². The average molecular weight is 322 g/mol. The number of aryl methyl sites for hydroxylation is 1. The van der Waals surface area contributed by atoms with E-state index in [-0.39, 0.29) is 11.5 Å². The van der Waals surface area contributed by atoms with E-state index in [0.717, 1.165) is 12.3 Å². The Morgan fingerprint density at radius 2 is 1.87 bits per heavy atom. The third-order valence-electron chi connectivity index (χ3n) is 3.16. The first-order valence-electron chi connectivity index (χ1n) is 6.58. The Kier molecular flexibility index (Phi) is 3.59. The lowest BCUT2D eigenvalue weighted by Gasteiger charge is -2.06. The molecule has 0 unspecified atom stereocenters. The molecule has 118 valence electrons. The third-order valence-corrected chi connectivity index (χ3v) is 3.16. The Morgan fingerprint density at radius 1 is 1.09 bits per heavy atom. The molecule has 23 heavy (non-hydrogen) atoms. The van der Waals surface area contributed by atoms with Crippen molar-refractivity contribution in [1.82, 2.24) is 9.38 Å². The number of halogens is 4. The van der Waals surface area contributed by atoms with Crippen LogP contribution in [0.3, 0.4) is 0 Å². The second kappa shape index (κ2) is 5.45. The molecule has 0 spiro atoms. The van der Waals surface area contributed by atoms with E-state index in [1.54, 1.807) is 6.92 Å². The molecule has 3 rings (SSSR count). The number of nitrogens with zero attached hydrogens (tertiary/aromatic N) is 4. The van der Waals surface area contributed by atoms with Gasteiger partial charge in [0.25, 0.3) is 0 Å². The van der Waals surface area contributed by atoms with Crippen LogP contribution in [0.2, 0.25) is 0 Å². The molecule has 0 atom stereocenters. The first kappa shape index (κ1) is 15.1. The van der Waals surface area contributed by atoms with Gasteiger partial charge in [0, 0.05) is 12.3 Å². The maximum Gasteiger partial charge on any atom is 0.417 e. The van der Waals surface area contributed by atoms with Gasteiger partial charge in [-0.15, -0.1) is 10.2 Å². The van der Waals surface area contributed by atoms with Gasteiger partial charge in [-0.25, -0.2) is 9.37 Å². The van der Waals surface area contributed by atoms with Gasteiger partial charge in [-0.05, 0) is 31.2 Å². The molecule has 0 amide bonds. The van der Waals surface area contributed by atoms with Crippen molar-refractivity contribution in [2.24, 2.45) is 10.2 Å². The van der Waals surface area contributed by atoms with E-state index in [9.17, 15) is 17.6 Å². The molecule has 0 saturated heterocycles. The van der Waals surface area contributed by atoms with Crippen molar-refractivity contribution in [1.29, 1.82) is 0 Å². The second-order valence-corrected chi connectivity index (χ2v) is 4.84. The molecule has 0 aliphatic carbocycles. The van der Waals surface area contributed by atoms with Crippen LogP contribution in [0.15, 0.2) is 52.8 Å². The van der Waals surface area contributed by atoms with Gasteiger partial charge in [-0.3, -0.25) is 4.40 Å². The van der Waals surface area contributed by atoms with Crippen molar-refractivity contribution in [2.45, 2.75) is 13.1 Å². The van der Waals surface area contributed by atoms with E-state index in [2.05, 4.69) is 15.2 Å². The van der Waals surface area contributed by atoms with Crippen LogP contribution in [-0.2, 0) is 6.18 Å². The predicted molar refractivity (Wildman–Crippen MR) is 75.5 cm³/mol. The van der Waals surface area contributed by atoms with E-state index in [4.69, 9.17) is 0 Å². The molecule has 0 N–H and O–H groups in total. The fourth-order valence-corrected chi connectivity index (χ4v) is 2.08. The SMILES string of the molecule is Cc1nc2ccc(C(F)(F)F)cn2c1N=Nc1cccc(F)c1. The monoisotopic (exact) mass is 322 g/mol. The van der Waals surface area contributed by atoms with Crippen molar-refractivity contribution in [3.63, 3.8) is 0 Å². The van der Waals surface area contributed by atoms with Crippen molar-refractivity contribution in [3.8, 4) is 0 Å². The summed E-state index contributed by atoms with van der Waals surface area (Å²) in [5, 5.41) is 7.78. The minimum atomic E-state index is -4.47. The summed E-state index contributed by atoms with van der Waals surface area (Å²) in [5.41, 5.74) is 0.184. The average Bonchev–Trinajstić information content (AvgIpc) is 2.79. The Morgan fingerprint density at radius 3 is 2.57 bits per heavy atom. The van der Waals surface area contributed by atoms with Gasteiger partial charge < -0.3 is 0 Å². The van der Waals surface area contributed by atoms with Crippen molar-refractivity contribution < 1.29 is 17.6 Å². The smallest absolute Gasteiger partial charge is 0.282 e. The number of fused-ring (bicyclic) bond motifs is 1. The number of pyridine rings is 1. The standard InChI is InChI=1S/C15H10F4N4/c1-9-14(22-21-12-4-2-3-11(16)7-12)23-8-10(15(17,18)19)5-6-13(23)20-9/h2-8H,1H3. The molecule has 0 fully saturated rings. The molecule has 0 aliphatic heterocycles. The Bertz CT molecular complexity index is 896. The van der Waals surface area contributed by atoms with E-state index >= 15 is 0 Å². The van der Waals surface area contributed by atoms with Gasteiger partial charge in [0.2, 0.25) is 0 Å². The number of hydrogen-bond acceptors (Lipinski definition) is 3. The fourth-order valence-electron chi connectivity index (χ4n) is 2.08. The van der Waals surface area contributed by atoms with Crippen LogP contribution in [0.5, 0.6) is 0 Å². The minimum absolute atomic E-state index is 0.162. The van der Waals surface area contributed by atoms with Crippen LogP contribution in [0.1, 0.15) is 11.3 Å². The lowest BCUT2D eigenvalue weighted by Crippen LogP contribution is -2.06. The topological polar surface area (TPSA) is 42.0 Å². The van der Waals surface area contributed by atoms with E-state index in [0.29, 0.717) is 11.3 Å². The van der Waals surface area contributed by atoms with Crippen LogP contribution in [0, 0.1) is 12.7 Å². The number of benzene rings is 1. The zero-order chi connectivity index (χ0) is 16.6. The number of azo groups is 1. The number of aromatic nitrogens is 2. The zero-order valence-corrected chi connectivity index (χ0v) is 11.8. The maximum atomic E-state index is 13.1. The third kappa shape index (κ3) is 3.05. The molecule has 2 aromatic heterocycles. The molecule has 2 heterocycles. The van der Waals surface area contributed by atoms with Gasteiger partial charge in [-0.1, -0.05) is 6.07 Å². The van der Waals surface area contributed by atoms with Crippen molar-refractivity contribution in [3.05, 3.63) is 59.7 Å². The Balaban J connectivity index is 2.07. The highest BCUT2D eigenvalue weighted by Gasteiger charge is 2.31. The molecule has 8 heteroatoms. The molecular weight excluding hydrogens is 312 g/mol. The first-order chi connectivity index (χ1) is 10.8. The molecule has 0 radical (unpaired) electrons. The van der Waals surface area contributed by atoms with Crippen LogP contribution in [0.4, 0.5) is 29.1 Å². The van der Waals surface area contributed by atoms with E-state index < -0.39 is 17.6 Å². The van der Waals surface area contributed by atoms with Gasteiger partial charge in [0.1, 0.15) is 11.5 Å². The summed E-state index contributed by atoms with van der Waals surface area (Å²) in [6.45, 7) is 1.61. The molecule has 0 saturated carbocycles. The summed E-state index contributed by atoms with van der Waals surface area (Å²) in [4.78, 5) is 4.13. The van der Waals surface area contributed by atoms with Crippen LogP contribution >= 0.6 is 0 Å². The lowest BCUT2D eigenvalue weighted by molar-refractivity contribution is -0.137. The number of hydrogen-bond donors (Lipinski definition) is 0.